The van der Waals surface area contributed by atoms with Crippen molar-refractivity contribution < 1.29 is 5.11 Å². The minimum Gasteiger partial charge on any atom is -0.507 e. The molecule has 0 heterocycles. The van der Waals surface area contributed by atoms with Gasteiger partial charge in [0.25, 0.3) is 0 Å². The molecular weight excluding hydrogens is 212 g/mol. The highest BCUT2D eigenvalue weighted by Crippen LogP contribution is 2.33. The number of nitriles is 1. The molecule has 3 nitrogen and oxygen atoms in total. The third-order valence-corrected chi connectivity index (χ3v) is 2.60. The molecule has 84 valence electrons. The molecule has 0 saturated carbocycles. The molecule has 3 N–H and O–H groups in total. The fraction of sp³-hybridized carbons (Fsp3) is 0.0714. The minimum atomic E-state index is 0.135. The Balaban J connectivity index is 2.57. The van der Waals surface area contributed by atoms with E-state index in [4.69, 9.17) is 11.0 Å². The average molecular weight is 224 g/mol. The standard InChI is InChI=1S/C14H12N2O/c15-8-7-10-3-1-2-4-12(10)13-6-5-11(16)9-14(13)17/h1-6,9,17H,7,16H2. The molecule has 3 heteroatoms. The molecule has 0 aliphatic rings. The van der Waals surface area contributed by atoms with E-state index in [-0.39, 0.29) is 5.75 Å². The van der Waals surface area contributed by atoms with Gasteiger partial charge in [-0.2, -0.15) is 5.26 Å². The lowest BCUT2D eigenvalue weighted by Gasteiger charge is -2.09. The average Bonchev–Trinajstić information content (AvgIpc) is 2.31. The van der Waals surface area contributed by atoms with Crippen LogP contribution >= 0.6 is 0 Å². The van der Waals surface area contributed by atoms with E-state index in [1.165, 1.54) is 6.07 Å². The first kappa shape index (κ1) is 11.0. The molecule has 0 fully saturated rings. The van der Waals surface area contributed by atoms with Crippen molar-refractivity contribution in [2.45, 2.75) is 6.42 Å². The molecule has 0 amide bonds. The van der Waals surface area contributed by atoms with Crippen LogP contribution in [-0.2, 0) is 6.42 Å². The highest BCUT2D eigenvalue weighted by Gasteiger charge is 2.08. The Morgan fingerprint density at radius 2 is 1.88 bits per heavy atom. The number of nitrogens with zero attached hydrogens (tertiary/aromatic N) is 1. The summed E-state index contributed by atoms with van der Waals surface area (Å²) in [5.41, 5.74) is 8.57. The van der Waals surface area contributed by atoms with Crippen molar-refractivity contribution in [3.05, 3.63) is 48.0 Å². The summed E-state index contributed by atoms with van der Waals surface area (Å²) in [4.78, 5) is 0. The molecule has 0 spiro atoms. The predicted molar refractivity (Wildman–Crippen MR) is 67.3 cm³/mol. The molecule has 0 bridgehead atoms. The van der Waals surface area contributed by atoms with Gasteiger partial charge in [-0.25, -0.2) is 0 Å². The Labute approximate surface area is 99.7 Å². The number of anilines is 1. The van der Waals surface area contributed by atoms with Gasteiger partial charge in [-0.1, -0.05) is 24.3 Å². The summed E-state index contributed by atoms with van der Waals surface area (Å²) in [6.45, 7) is 0. The molecule has 0 aliphatic heterocycles. The van der Waals surface area contributed by atoms with Crippen LogP contribution in [0.2, 0.25) is 0 Å². The number of hydrogen-bond acceptors (Lipinski definition) is 3. The lowest BCUT2D eigenvalue weighted by Crippen LogP contribution is -1.90. The van der Waals surface area contributed by atoms with Crippen molar-refractivity contribution in [2.24, 2.45) is 0 Å². The molecule has 0 aliphatic carbocycles. The fourth-order valence-corrected chi connectivity index (χ4v) is 1.80. The molecular formula is C14H12N2O. The van der Waals surface area contributed by atoms with E-state index in [9.17, 15) is 5.11 Å². The van der Waals surface area contributed by atoms with E-state index in [0.29, 0.717) is 17.7 Å². The molecule has 17 heavy (non-hydrogen) atoms. The summed E-state index contributed by atoms with van der Waals surface area (Å²) >= 11 is 0. The zero-order valence-corrected chi connectivity index (χ0v) is 9.22. The molecule has 2 aromatic carbocycles. The second-order valence-electron chi connectivity index (χ2n) is 3.77. The van der Waals surface area contributed by atoms with Gasteiger partial charge in [0.05, 0.1) is 12.5 Å². The molecule has 0 saturated heterocycles. The number of hydrogen-bond donors (Lipinski definition) is 2. The number of nitrogen functional groups attached to an aromatic ring is 1. The number of nitrogens with two attached hydrogens (primary N) is 1. The maximum absolute atomic E-state index is 9.87. The van der Waals surface area contributed by atoms with Crippen molar-refractivity contribution >= 4 is 5.69 Å². The van der Waals surface area contributed by atoms with Crippen LogP contribution in [0.3, 0.4) is 0 Å². The van der Waals surface area contributed by atoms with Gasteiger partial charge in [0, 0.05) is 17.3 Å². The molecule has 2 aromatic rings. The third kappa shape index (κ3) is 2.21. The van der Waals surface area contributed by atoms with Crippen molar-refractivity contribution in [3.8, 4) is 22.9 Å². The highest BCUT2D eigenvalue weighted by molar-refractivity contribution is 5.75. The smallest absolute Gasteiger partial charge is 0.125 e. The van der Waals surface area contributed by atoms with Crippen molar-refractivity contribution in [2.75, 3.05) is 5.73 Å². The van der Waals surface area contributed by atoms with Crippen LogP contribution in [0.1, 0.15) is 5.56 Å². The zero-order valence-electron chi connectivity index (χ0n) is 9.22. The topological polar surface area (TPSA) is 70.0 Å². The van der Waals surface area contributed by atoms with E-state index < -0.39 is 0 Å². The predicted octanol–water partition coefficient (Wildman–Crippen LogP) is 2.71. The summed E-state index contributed by atoms with van der Waals surface area (Å²) in [5.74, 6) is 0.135. The number of rotatable bonds is 2. The van der Waals surface area contributed by atoms with Gasteiger partial charge >= 0.3 is 0 Å². The van der Waals surface area contributed by atoms with Gasteiger partial charge in [-0.15, -0.1) is 0 Å². The van der Waals surface area contributed by atoms with E-state index in [0.717, 1.165) is 11.1 Å². The summed E-state index contributed by atoms with van der Waals surface area (Å²) in [5, 5.41) is 18.6. The maximum Gasteiger partial charge on any atom is 0.125 e. The summed E-state index contributed by atoms with van der Waals surface area (Å²) in [6, 6.07) is 14.7. The van der Waals surface area contributed by atoms with Crippen LogP contribution < -0.4 is 5.73 Å². The van der Waals surface area contributed by atoms with E-state index >= 15 is 0 Å². The number of aromatic hydroxyl groups is 1. The van der Waals surface area contributed by atoms with Crippen LogP contribution in [0, 0.1) is 11.3 Å². The van der Waals surface area contributed by atoms with Gasteiger partial charge in [-0.3, -0.25) is 0 Å². The van der Waals surface area contributed by atoms with Crippen LogP contribution in [-0.4, -0.2) is 5.11 Å². The second kappa shape index (κ2) is 4.58. The molecule has 2 rings (SSSR count). The monoisotopic (exact) mass is 224 g/mol. The van der Waals surface area contributed by atoms with Gasteiger partial charge in [-0.05, 0) is 23.3 Å². The molecule has 0 unspecified atom stereocenters. The lowest BCUT2D eigenvalue weighted by molar-refractivity contribution is 0.477. The maximum atomic E-state index is 9.87. The quantitative estimate of drug-likeness (QED) is 0.770. The molecule has 0 aromatic heterocycles. The minimum absolute atomic E-state index is 0.135. The summed E-state index contributed by atoms with van der Waals surface area (Å²) < 4.78 is 0. The largest absolute Gasteiger partial charge is 0.507 e. The SMILES string of the molecule is N#CCc1ccccc1-c1ccc(N)cc1O. The van der Waals surface area contributed by atoms with E-state index in [2.05, 4.69) is 6.07 Å². The first-order valence-electron chi connectivity index (χ1n) is 5.26. The summed E-state index contributed by atoms with van der Waals surface area (Å²) in [6.07, 6.45) is 0.319. The molecule has 0 atom stereocenters. The summed E-state index contributed by atoms with van der Waals surface area (Å²) in [7, 11) is 0. The normalized spacial score (nSPS) is 9.82. The Kier molecular flexibility index (Phi) is 2.97. The first-order valence-corrected chi connectivity index (χ1v) is 5.26. The number of benzene rings is 2. The van der Waals surface area contributed by atoms with Gasteiger partial charge in [0.2, 0.25) is 0 Å². The second-order valence-corrected chi connectivity index (χ2v) is 3.77. The van der Waals surface area contributed by atoms with E-state index in [1.54, 1.807) is 12.1 Å². The number of phenolic OH excluding ortho intramolecular Hbond substituents is 1. The Bertz CT molecular complexity index is 585. The Hall–Kier alpha value is -2.47. The van der Waals surface area contributed by atoms with Gasteiger partial charge < -0.3 is 10.8 Å². The van der Waals surface area contributed by atoms with E-state index in [1.807, 2.05) is 24.3 Å². The fourth-order valence-electron chi connectivity index (χ4n) is 1.80. The lowest BCUT2D eigenvalue weighted by atomic mass is 9.97. The zero-order chi connectivity index (χ0) is 12.3. The van der Waals surface area contributed by atoms with Gasteiger partial charge in [0.1, 0.15) is 5.75 Å². The first-order chi connectivity index (χ1) is 8.22. The van der Waals surface area contributed by atoms with Crippen molar-refractivity contribution in [1.82, 2.24) is 0 Å². The van der Waals surface area contributed by atoms with Crippen molar-refractivity contribution in [1.29, 1.82) is 5.26 Å². The van der Waals surface area contributed by atoms with Crippen LogP contribution in [0.25, 0.3) is 11.1 Å². The third-order valence-electron chi connectivity index (χ3n) is 2.60. The van der Waals surface area contributed by atoms with Crippen molar-refractivity contribution in [3.63, 3.8) is 0 Å². The number of phenols is 1. The molecule has 0 radical (unpaired) electrons. The van der Waals surface area contributed by atoms with Crippen LogP contribution in [0.15, 0.2) is 42.5 Å². The Morgan fingerprint density at radius 3 is 2.59 bits per heavy atom. The van der Waals surface area contributed by atoms with Gasteiger partial charge in [0.15, 0.2) is 0 Å². The van der Waals surface area contributed by atoms with Crippen LogP contribution in [0.5, 0.6) is 5.75 Å². The highest BCUT2D eigenvalue weighted by atomic mass is 16.3. The Morgan fingerprint density at radius 1 is 1.12 bits per heavy atom. The van der Waals surface area contributed by atoms with Crippen LogP contribution in [0.4, 0.5) is 5.69 Å².